The van der Waals surface area contributed by atoms with Gasteiger partial charge in [0, 0.05) is 0 Å². The summed E-state index contributed by atoms with van der Waals surface area (Å²) < 4.78 is 0. The van der Waals surface area contributed by atoms with E-state index in [0.717, 1.165) is 22.0 Å². The van der Waals surface area contributed by atoms with Gasteiger partial charge in [0.2, 0.25) is 0 Å². The maximum absolute atomic E-state index is 11.3. The van der Waals surface area contributed by atoms with Gasteiger partial charge in [-0.15, -0.1) is 0 Å². The molecule has 0 aliphatic heterocycles. The van der Waals surface area contributed by atoms with Crippen LogP contribution >= 0.6 is 0 Å². The fraction of sp³-hybridized carbons (Fsp3) is 0.222. The first kappa shape index (κ1) is 7.16. The molecule has 2 aromatic rings. The number of H-pyrrole nitrogens is 2. The van der Waals surface area contributed by atoms with Crippen LogP contribution in [0.2, 0.25) is 0 Å². The predicted octanol–water partition coefficient (Wildman–Crippen LogP) is 1.47. The number of rotatable bonds is 0. The molecule has 2 N–H and O–H groups in total. The smallest absolute Gasteiger partial charge is 0.272 e. The lowest BCUT2D eigenvalue weighted by molar-refractivity contribution is 1.08. The Morgan fingerprint density at radius 2 is 1.92 bits per heavy atom. The standard InChI is InChI=1S/C9H10N2O/c1-5-3-4-7-8(6(5)2)9(12)11-10-7/h3-4H,1-2H3,(H2,10,11,12). The summed E-state index contributed by atoms with van der Waals surface area (Å²) >= 11 is 0. The topological polar surface area (TPSA) is 48.6 Å². The maximum atomic E-state index is 11.3. The van der Waals surface area contributed by atoms with Gasteiger partial charge < -0.3 is 0 Å². The van der Waals surface area contributed by atoms with E-state index in [1.165, 1.54) is 0 Å². The summed E-state index contributed by atoms with van der Waals surface area (Å²) in [6.07, 6.45) is 0. The summed E-state index contributed by atoms with van der Waals surface area (Å²) in [7, 11) is 0. The minimum absolute atomic E-state index is 0.0359. The van der Waals surface area contributed by atoms with Crippen molar-refractivity contribution in [3.8, 4) is 0 Å². The molecule has 1 heterocycles. The lowest BCUT2D eigenvalue weighted by Crippen LogP contribution is -1.99. The second-order valence-electron chi connectivity index (χ2n) is 3.01. The Kier molecular flexibility index (Phi) is 1.33. The molecule has 1 aromatic heterocycles. The van der Waals surface area contributed by atoms with Gasteiger partial charge in [0.15, 0.2) is 0 Å². The third-order valence-electron chi connectivity index (χ3n) is 2.27. The van der Waals surface area contributed by atoms with Crippen LogP contribution in [0.4, 0.5) is 0 Å². The highest BCUT2D eigenvalue weighted by Gasteiger charge is 2.04. The molecule has 1 aromatic carbocycles. The van der Waals surface area contributed by atoms with Crippen LogP contribution in [-0.2, 0) is 0 Å². The zero-order valence-corrected chi connectivity index (χ0v) is 7.06. The molecule has 0 atom stereocenters. The molecule has 12 heavy (non-hydrogen) atoms. The van der Waals surface area contributed by atoms with E-state index in [4.69, 9.17) is 0 Å². The van der Waals surface area contributed by atoms with E-state index >= 15 is 0 Å². The first-order valence-corrected chi connectivity index (χ1v) is 3.86. The summed E-state index contributed by atoms with van der Waals surface area (Å²) in [5.41, 5.74) is 3.04. The first-order valence-electron chi connectivity index (χ1n) is 3.86. The third-order valence-corrected chi connectivity index (χ3v) is 2.27. The summed E-state index contributed by atoms with van der Waals surface area (Å²) in [6.45, 7) is 3.96. The monoisotopic (exact) mass is 162 g/mol. The SMILES string of the molecule is Cc1ccc2[nH][nH]c(=O)c2c1C. The number of aryl methyl sites for hydroxylation is 2. The molecule has 3 nitrogen and oxygen atoms in total. The van der Waals surface area contributed by atoms with Gasteiger partial charge in [-0.1, -0.05) is 6.07 Å². The van der Waals surface area contributed by atoms with Gasteiger partial charge in [-0.2, -0.15) is 0 Å². The third kappa shape index (κ3) is 0.794. The molecular weight excluding hydrogens is 152 g/mol. The number of nitrogens with one attached hydrogen (secondary N) is 2. The van der Waals surface area contributed by atoms with E-state index in [1.54, 1.807) is 0 Å². The van der Waals surface area contributed by atoms with E-state index in [1.807, 2.05) is 26.0 Å². The van der Waals surface area contributed by atoms with E-state index < -0.39 is 0 Å². The Balaban J connectivity index is 3.06. The molecule has 0 spiro atoms. The molecule has 0 aliphatic carbocycles. The van der Waals surface area contributed by atoms with Crippen molar-refractivity contribution in [1.29, 1.82) is 0 Å². The molecule has 0 unspecified atom stereocenters. The summed E-state index contributed by atoms with van der Waals surface area (Å²) in [4.78, 5) is 11.3. The van der Waals surface area contributed by atoms with Gasteiger partial charge in [0.05, 0.1) is 10.9 Å². The van der Waals surface area contributed by atoms with Gasteiger partial charge in [0.25, 0.3) is 5.56 Å². The van der Waals surface area contributed by atoms with Crippen molar-refractivity contribution < 1.29 is 0 Å². The number of hydrogen-bond donors (Lipinski definition) is 2. The average molecular weight is 162 g/mol. The number of aromatic nitrogens is 2. The van der Waals surface area contributed by atoms with Crippen molar-refractivity contribution in [3.05, 3.63) is 33.6 Å². The van der Waals surface area contributed by atoms with E-state index in [9.17, 15) is 4.79 Å². The fourth-order valence-corrected chi connectivity index (χ4v) is 1.40. The van der Waals surface area contributed by atoms with Crippen molar-refractivity contribution in [2.75, 3.05) is 0 Å². The van der Waals surface area contributed by atoms with Crippen molar-refractivity contribution in [2.45, 2.75) is 13.8 Å². The number of aromatic amines is 2. The van der Waals surface area contributed by atoms with Crippen molar-refractivity contribution in [1.82, 2.24) is 10.2 Å². The van der Waals surface area contributed by atoms with Crippen molar-refractivity contribution in [3.63, 3.8) is 0 Å². The van der Waals surface area contributed by atoms with Crippen LogP contribution in [0.3, 0.4) is 0 Å². The lowest BCUT2D eigenvalue weighted by Gasteiger charge is -1.97. The minimum Gasteiger partial charge on any atom is -0.298 e. The largest absolute Gasteiger partial charge is 0.298 e. The van der Waals surface area contributed by atoms with Gasteiger partial charge in [-0.05, 0) is 31.0 Å². The normalized spacial score (nSPS) is 10.8. The first-order chi connectivity index (χ1) is 5.70. The molecule has 0 saturated heterocycles. The average Bonchev–Trinajstić information content (AvgIpc) is 2.41. The van der Waals surface area contributed by atoms with Gasteiger partial charge in [-0.3, -0.25) is 15.0 Å². The van der Waals surface area contributed by atoms with Crippen LogP contribution in [-0.4, -0.2) is 10.2 Å². The van der Waals surface area contributed by atoms with Crippen molar-refractivity contribution >= 4 is 10.9 Å². The van der Waals surface area contributed by atoms with Crippen LogP contribution in [0.25, 0.3) is 10.9 Å². The minimum atomic E-state index is -0.0359. The molecular formula is C9H10N2O. The van der Waals surface area contributed by atoms with Gasteiger partial charge >= 0.3 is 0 Å². The molecule has 0 saturated carbocycles. The van der Waals surface area contributed by atoms with Gasteiger partial charge in [0.1, 0.15) is 0 Å². The number of benzene rings is 1. The quantitative estimate of drug-likeness (QED) is 0.605. The Bertz CT molecular complexity index is 479. The highest BCUT2D eigenvalue weighted by atomic mass is 16.1. The second kappa shape index (κ2) is 2.24. The lowest BCUT2D eigenvalue weighted by atomic mass is 10.1. The zero-order chi connectivity index (χ0) is 8.72. The van der Waals surface area contributed by atoms with Gasteiger partial charge in [-0.25, -0.2) is 0 Å². The summed E-state index contributed by atoms with van der Waals surface area (Å²) in [6, 6.07) is 3.91. The maximum Gasteiger partial charge on any atom is 0.272 e. The fourth-order valence-electron chi connectivity index (χ4n) is 1.40. The number of fused-ring (bicyclic) bond motifs is 1. The summed E-state index contributed by atoms with van der Waals surface area (Å²) in [5.74, 6) is 0. The molecule has 0 radical (unpaired) electrons. The molecule has 0 aliphatic rings. The molecule has 3 heteroatoms. The second-order valence-corrected chi connectivity index (χ2v) is 3.01. The molecule has 0 amide bonds. The molecule has 2 rings (SSSR count). The number of hydrogen-bond acceptors (Lipinski definition) is 1. The van der Waals surface area contributed by atoms with Crippen LogP contribution in [0.1, 0.15) is 11.1 Å². The summed E-state index contributed by atoms with van der Waals surface area (Å²) in [5, 5.41) is 6.16. The zero-order valence-electron chi connectivity index (χ0n) is 7.06. The van der Waals surface area contributed by atoms with E-state index in [-0.39, 0.29) is 5.56 Å². The van der Waals surface area contributed by atoms with Crippen LogP contribution in [0.15, 0.2) is 16.9 Å². The van der Waals surface area contributed by atoms with E-state index in [0.29, 0.717) is 0 Å². The predicted molar refractivity (Wildman–Crippen MR) is 48.4 cm³/mol. The Morgan fingerprint density at radius 1 is 1.17 bits per heavy atom. The van der Waals surface area contributed by atoms with E-state index in [2.05, 4.69) is 10.2 Å². The molecule has 62 valence electrons. The molecule has 0 bridgehead atoms. The van der Waals surface area contributed by atoms with Crippen LogP contribution in [0.5, 0.6) is 0 Å². The Labute approximate surface area is 69.4 Å². The van der Waals surface area contributed by atoms with Crippen molar-refractivity contribution in [2.24, 2.45) is 0 Å². The highest BCUT2D eigenvalue weighted by Crippen LogP contribution is 2.15. The van der Waals surface area contributed by atoms with Crippen LogP contribution in [0, 0.1) is 13.8 Å². The highest BCUT2D eigenvalue weighted by molar-refractivity contribution is 5.82. The Morgan fingerprint density at radius 3 is 2.67 bits per heavy atom. The molecule has 0 fully saturated rings. The van der Waals surface area contributed by atoms with Crippen LogP contribution < -0.4 is 5.56 Å². The Hall–Kier alpha value is -1.51.